The molecule has 18 heavy (non-hydrogen) atoms. The van der Waals surface area contributed by atoms with Crippen LogP contribution in [0, 0.1) is 6.92 Å². The maximum Gasteiger partial charge on any atom is 0.151 e. The van der Waals surface area contributed by atoms with Gasteiger partial charge in [0, 0.05) is 25.8 Å². The first-order valence-electron chi connectivity index (χ1n) is 6.79. The molecule has 0 amide bonds. The summed E-state index contributed by atoms with van der Waals surface area (Å²) < 4.78 is 0. The molecule has 0 aromatic carbocycles. The summed E-state index contributed by atoms with van der Waals surface area (Å²) in [5, 5.41) is 0. The lowest BCUT2D eigenvalue weighted by molar-refractivity contribution is 0.270. The number of hydrogen-bond donors (Lipinski definition) is 1. The van der Waals surface area contributed by atoms with Crippen molar-refractivity contribution in [3.8, 4) is 0 Å². The van der Waals surface area contributed by atoms with E-state index in [0.29, 0.717) is 6.04 Å². The molecule has 0 bridgehead atoms. The maximum absolute atomic E-state index is 6.05. The molecule has 2 rings (SSSR count). The summed E-state index contributed by atoms with van der Waals surface area (Å²) in [6.07, 6.45) is 4.47. The fraction of sp³-hybridized carbons (Fsp3) is 0.643. The van der Waals surface area contributed by atoms with E-state index in [4.69, 9.17) is 5.73 Å². The molecule has 4 heteroatoms. The predicted octanol–water partition coefficient (Wildman–Crippen LogP) is 1.89. The van der Waals surface area contributed by atoms with Crippen molar-refractivity contribution in [1.29, 1.82) is 0 Å². The molecule has 2 N–H and O–H groups in total. The van der Waals surface area contributed by atoms with Gasteiger partial charge in [0.25, 0.3) is 0 Å². The zero-order chi connectivity index (χ0) is 13.1. The molecule has 2 heterocycles. The van der Waals surface area contributed by atoms with E-state index < -0.39 is 0 Å². The van der Waals surface area contributed by atoms with Gasteiger partial charge in [-0.25, -0.2) is 4.98 Å². The van der Waals surface area contributed by atoms with Crippen LogP contribution in [0.1, 0.15) is 25.3 Å². The first-order valence-corrected chi connectivity index (χ1v) is 6.79. The molecule has 0 aliphatic carbocycles. The number of nitrogen functional groups attached to an aromatic ring is 1. The molecule has 1 aliphatic rings. The van der Waals surface area contributed by atoms with Crippen molar-refractivity contribution >= 4 is 11.5 Å². The third-order valence-corrected chi connectivity index (χ3v) is 3.78. The Morgan fingerprint density at radius 3 is 3.00 bits per heavy atom. The minimum Gasteiger partial charge on any atom is -0.396 e. The SMILES string of the molecule is CCN1CCCC1CN(C)c1ncc(C)cc1N. The van der Waals surface area contributed by atoms with Crippen molar-refractivity contribution in [1.82, 2.24) is 9.88 Å². The Balaban J connectivity index is 2.05. The van der Waals surface area contributed by atoms with Gasteiger partial charge in [-0.2, -0.15) is 0 Å². The van der Waals surface area contributed by atoms with Crippen molar-refractivity contribution < 1.29 is 0 Å². The molecule has 1 aliphatic heterocycles. The molecule has 1 fully saturated rings. The minimum atomic E-state index is 0.641. The van der Waals surface area contributed by atoms with Crippen LogP contribution in [-0.4, -0.2) is 42.6 Å². The smallest absolute Gasteiger partial charge is 0.151 e. The minimum absolute atomic E-state index is 0.641. The van der Waals surface area contributed by atoms with Gasteiger partial charge < -0.3 is 10.6 Å². The van der Waals surface area contributed by atoms with E-state index in [1.54, 1.807) is 0 Å². The highest BCUT2D eigenvalue weighted by Crippen LogP contribution is 2.23. The molecule has 0 saturated carbocycles. The Kier molecular flexibility index (Phi) is 4.07. The highest BCUT2D eigenvalue weighted by molar-refractivity contribution is 5.62. The normalized spacial score (nSPS) is 20.3. The number of rotatable bonds is 4. The van der Waals surface area contributed by atoms with Gasteiger partial charge in [0.05, 0.1) is 5.69 Å². The monoisotopic (exact) mass is 248 g/mol. The summed E-state index contributed by atoms with van der Waals surface area (Å²) in [6, 6.07) is 2.63. The average molecular weight is 248 g/mol. The van der Waals surface area contributed by atoms with E-state index in [9.17, 15) is 0 Å². The number of aryl methyl sites for hydroxylation is 1. The van der Waals surface area contributed by atoms with Crippen molar-refractivity contribution in [2.75, 3.05) is 37.3 Å². The highest BCUT2D eigenvalue weighted by Gasteiger charge is 2.24. The third-order valence-electron chi connectivity index (χ3n) is 3.78. The van der Waals surface area contributed by atoms with E-state index in [-0.39, 0.29) is 0 Å². The molecule has 4 nitrogen and oxygen atoms in total. The standard InChI is InChI=1S/C14H24N4/c1-4-18-7-5-6-12(18)10-17(3)14-13(15)8-11(2)9-16-14/h8-9,12H,4-7,10,15H2,1-3H3. The van der Waals surface area contributed by atoms with Gasteiger partial charge in [-0.15, -0.1) is 0 Å². The lowest BCUT2D eigenvalue weighted by Crippen LogP contribution is -2.39. The van der Waals surface area contributed by atoms with Crippen LogP contribution in [0.5, 0.6) is 0 Å². The number of likely N-dealkylation sites (N-methyl/N-ethyl adjacent to an activating group) is 2. The van der Waals surface area contributed by atoms with Crippen molar-refractivity contribution in [2.24, 2.45) is 0 Å². The molecule has 1 saturated heterocycles. The lowest BCUT2D eigenvalue weighted by Gasteiger charge is -2.29. The predicted molar refractivity (Wildman–Crippen MR) is 76.9 cm³/mol. The van der Waals surface area contributed by atoms with Gasteiger partial charge in [0.2, 0.25) is 0 Å². The van der Waals surface area contributed by atoms with Crippen molar-refractivity contribution in [3.05, 3.63) is 17.8 Å². The number of anilines is 2. The van der Waals surface area contributed by atoms with Crippen LogP contribution in [-0.2, 0) is 0 Å². The summed E-state index contributed by atoms with van der Waals surface area (Å²) in [4.78, 5) is 9.18. The molecule has 1 aromatic rings. The first-order chi connectivity index (χ1) is 8.61. The number of aromatic nitrogens is 1. The van der Waals surface area contributed by atoms with Crippen molar-refractivity contribution in [3.63, 3.8) is 0 Å². The Labute approximate surface area is 110 Å². The second-order valence-electron chi connectivity index (χ2n) is 5.23. The molecule has 0 radical (unpaired) electrons. The molecular formula is C14H24N4. The number of pyridine rings is 1. The van der Waals surface area contributed by atoms with Gasteiger partial charge in [-0.3, -0.25) is 4.90 Å². The maximum atomic E-state index is 6.05. The van der Waals surface area contributed by atoms with Crippen LogP contribution in [0.2, 0.25) is 0 Å². The summed E-state index contributed by atoms with van der Waals surface area (Å²) in [7, 11) is 2.08. The van der Waals surface area contributed by atoms with Crippen LogP contribution in [0.15, 0.2) is 12.3 Å². The van der Waals surface area contributed by atoms with Crippen LogP contribution in [0.4, 0.5) is 11.5 Å². The number of nitrogens with zero attached hydrogens (tertiary/aromatic N) is 3. The Hall–Kier alpha value is -1.29. The number of likely N-dealkylation sites (tertiary alicyclic amines) is 1. The van der Waals surface area contributed by atoms with Gasteiger partial charge in [0.1, 0.15) is 0 Å². The summed E-state index contributed by atoms with van der Waals surface area (Å²) in [5.41, 5.74) is 7.93. The van der Waals surface area contributed by atoms with Crippen LogP contribution in [0.25, 0.3) is 0 Å². The van der Waals surface area contributed by atoms with Crippen LogP contribution < -0.4 is 10.6 Å². The Morgan fingerprint density at radius 2 is 2.33 bits per heavy atom. The van der Waals surface area contributed by atoms with Crippen LogP contribution in [0.3, 0.4) is 0 Å². The van der Waals surface area contributed by atoms with E-state index >= 15 is 0 Å². The van der Waals surface area contributed by atoms with Gasteiger partial charge >= 0.3 is 0 Å². The average Bonchev–Trinajstić information content (AvgIpc) is 2.76. The topological polar surface area (TPSA) is 45.4 Å². The Morgan fingerprint density at radius 1 is 1.56 bits per heavy atom. The summed E-state index contributed by atoms with van der Waals surface area (Å²) >= 11 is 0. The molecule has 1 atom stereocenters. The van der Waals surface area contributed by atoms with Crippen LogP contribution >= 0.6 is 0 Å². The van der Waals surface area contributed by atoms with E-state index in [2.05, 4.69) is 28.8 Å². The largest absolute Gasteiger partial charge is 0.396 e. The number of nitrogens with two attached hydrogens (primary N) is 1. The van der Waals surface area contributed by atoms with Gasteiger partial charge in [0.15, 0.2) is 5.82 Å². The van der Waals surface area contributed by atoms with E-state index in [0.717, 1.165) is 30.2 Å². The second kappa shape index (κ2) is 5.57. The molecule has 1 unspecified atom stereocenters. The summed E-state index contributed by atoms with van der Waals surface area (Å²) in [6.45, 7) is 7.62. The first kappa shape index (κ1) is 13.1. The molecule has 100 valence electrons. The quantitative estimate of drug-likeness (QED) is 0.884. The highest BCUT2D eigenvalue weighted by atomic mass is 15.2. The molecular weight excluding hydrogens is 224 g/mol. The van der Waals surface area contributed by atoms with E-state index in [1.807, 2.05) is 19.2 Å². The van der Waals surface area contributed by atoms with Gasteiger partial charge in [-0.05, 0) is 44.5 Å². The third kappa shape index (κ3) is 2.75. The van der Waals surface area contributed by atoms with Gasteiger partial charge in [-0.1, -0.05) is 6.92 Å². The zero-order valence-corrected chi connectivity index (χ0v) is 11.7. The fourth-order valence-corrected chi connectivity index (χ4v) is 2.82. The fourth-order valence-electron chi connectivity index (χ4n) is 2.82. The Bertz CT molecular complexity index is 405. The second-order valence-corrected chi connectivity index (χ2v) is 5.23. The summed E-state index contributed by atoms with van der Waals surface area (Å²) in [5.74, 6) is 0.906. The van der Waals surface area contributed by atoms with Crippen molar-refractivity contribution in [2.45, 2.75) is 32.7 Å². The van der Waals surface area contributed by atoms with E-state index in [1.165, 1.54) is 19.4 Å². The zero-order valence-electron chi connectivity index (χ0n) is 11.7. The lowest BCUT2D eigenvalue weighted by atomic mass is 10.2. The molecule has 0 spiro atoms. The molecule has 1 aromatic heterocycles. The number of hydrogen-bond acceptors (Lipinski definition) is 4.